The normalized spacial score (nSPS) is 11.5. The van der Waals surface area contributed by atoms with Crippen LogP contribution in [0.5, 0.6) is 0 Å². The largest absolute Gasteiger partial charge is 0.270 e. The van der Waals surface area contributed by atoms with Gasteiger partial charge in [-0.15, -0.1) is 0 Å². The van der Waals surface area contributed by atoms with Crippen LogP contribution in [0.15, 0.2) is 23.1 Å². The van der Waals surface area contributed by atoms with Crippen molar-refractivity contribution in [1.82, 2.24) is 0 Å². The molecule has 0 aliphatic carbocycles. The van der Waals surface area contributed by atoms with Crippen LogP contribution >= 0.6 is 28.2 Å². The molecule has 0 spiro atoms. The first-order valence-electron chi connectivity index (χ1n) is 5.13. The summed E-state index contributed by atoms with van der Waals surface area (Å²) in [4.78, 5) is 11.0. The molecule has 0 radical (unpaired) electrons. The van der Waals surface area contributed by atoms with Gasteiger partial charge in [-0.1, -0.05) is 48.6 Å². The zero-order chi connectivity index (χ0) is 13.1. The van der Waals surface area contributed by atoms with Crippen LogP contribution in [0.2, 0.25) is 5.02 Å². The SMILES string of the molecule is CCP(=S)(CC)Sc1ccc([N+](=O)[O-])cc1Cl. The van der Waals surface area contributed by atoms with Gasteiger partial charge in [0, 0.05) is 22.3 Å². The molecule has 0 atom stereocenters. The molecule has 0 saturated carbocycles. The fourth-order valence-corrected chi connectivity index (χ4v) is 6.05. The summed E-state index contributed by atoms with van der Waals surface area (Å²) >= 11 is 13.3. The maximum atomic E-state index is 10.6. The van der Waals surface area contributed by atoms with Gasteiger partial charge in [0.1, 0.15) is 0 Å². The Bertz CT molecular complexity index is 473. The van der Waals surface area contributed by atoms with Crippen molar-refractivity contribution in [1.29, 1.82) is 0 Å². The van der Waals surface area contributed by atoms with E-state index in [0.717, 1.165) is 17.2 Å². The van der Waals surface area contributed by atoms with Crippen molar-refractivity contribution in [2.75, 3.05) is 12.3 Å². The molecule has 0 aliphatic rings. The summed E-state index contributed by atoms with van der Waals surface area (Å²) in [5, 5.41) is 9.53. The summed E-state index contributed by atoms with van der Waals surface area (Å²) in [6.45, 7) is 4.16. The average molecular weight is 310 g/mol. The highest BCUT2D eigenvalue weighted by atomic mass is 35.5. The van der Waals surface area contributed by atoms with E-state index in [1.165, 1.54) is 12.1 Å². The fourth-order valence-electron chi connectivity index (χ4n) is 1.21. The van der Waals surface area contributed by atoms with E-state index in [9.17, 15) is 10.1 Å². The van der Waals surface area contributed by atoms with Crippen LogP contribution in [0.25, 0.3) is 0 Å². The highest BCUT2D eigenvalue weighted by molar-refractivity contribution is 8.71. The third kappa shape index (κ3) is 3.95. The summed E-state index contributed by atoms with van der Waals surface area (Å²) in [5.74, 6) is 0. The highest BCUT2D eigenvalue weighted by Gasteiger charge is 2.17. The third-order valence-electron chi connectivity index (χ3n) is 2.35. The smallest absolute Gasteiger partial charge is 0.258 e. The molecule has 0 unspecified atom stereocenters. The maximum Gasteiger partial charge on any atom is 0.270 e. The van der Waals surface area contributed by atoms with Gasteiger partial charge in [-0.05, 0) is 18.4 Å². The second-order valence-electron chi connectivity index (χ2n) is 3.41. The molecular formula is C10H13ClNO2PS2. The number of hydrogen-bond donors (Lipinski definition) is 0. The molecule has 1 aromatic carbocycles. The minimum absolute atomic E-state index is 0.0145. The van der Waals surface area contributed by atoms with Gasteiger partial charge < -0.3 is 0 Å². The van der Waals surface area contributed by atoms with Crippen molar-refractivity contribution in [3.63, 3.8) is 0 Å². The number of nitrogens with zero attached hydrogens (tertiary/aromatic N) is 1. The zero-order valence-electron chi connectivity index (χ0n) is 9.55. The molecule has 7 heteroatoms. The molecule has 0 heterocycles. The number of halogens is 1. The predicted molar refractivity (Wildman–Crippen MR) is 79.3 cm³/mol. The van der Waals surface area contributed by atoms with Gasteiger partial charge in [0.25, 0.3) is 5.69 Å². The monoisotopic (exact) mass is 309 g/mol. The third-order valence-corrected chi connectivity index (χ3v) is 10.9. The lowest BCUT2D eigenvalue weighted by Crippen LogP contribution is -1.89. The first kappa shape index (κ1) is 15.0. The first-order chi connectivity index (χ1) is 7.91. The molecule has 3 nitrogen and oxygen atoms in total. The van der Waals surface area contributed by atoms with Crippen LogP contribution in [0.1, 0.15) is 13.8 Å². The van der Waals surface area contributed by atoms with E-state index in [2.05, 4.69) is 13.8 Å². The topological polar surface area (TPSA) is 43.1 Å². The molecule has 0 N–H and O–H groups in total. The Labute approximate surface area is 115 Å². The van der Waals surface area contributed by atoms with Crippen molar-refractivity contribution in [2.45, 2.75) is 18.7 Å². The summed E-state index contributed by atoms with van der Waals surface area (Å²) < 4.78 is 0. The predicted octanol–water partition coefficient (Wildman–Crippen LogP) is 4.77. The standard InChI is InChI=1S/C10H13ClNO2PS2/c1-3-15(16,4-2)17-10-6-5-8(12(13)14)7-9(10)11/h5-7H,3-4H2,1-2H3. The van der Waals surface area contributed by atoms with E-state index in [1.807, 2.05) is 0 Å². The highest BCUT2D eigenvalue weighted by Crippen LogP contribution is 2.62. The van der Waals surface area contributed by atoms with E-state index >= 15 is 0 Å². The number of non-ortho nitro benzene ring substituents is 1. The van der Waals surface area contributed by atoms with Crippen molar-refractivity contribution in [2.24, 2.45) is 0 Å². The lowest BCUT2D eigenvalue weighted by molar-refractivity contribution is -0.384. The Morgan fingerprint density at radius 1 is 1.47 bits per heavy atom. The molecule has 17 heavy (non-hydrogen) atoms. The van der Waals surface area contributed by atoms with Gasteiger partial charge in [-0.3, -0.25) is 10.1 Å². The van der Waals surface area contributed by atoms with Crippen LogP contribution in [0.3, 0.4) is 0 Å². The molecule has 0 aliphatic heterocycles. The van der Waals surface area contributed by atoms with Crippen LogP contribution in [-0.4, -0.2) is 17.2 Å². The van der Waals surface area contributed by atoms with Crippen LogP contribution in [0.4, 0.5) is 5.69 Å². The van der Waals surface area contributed by atoms with E-state index < -0.39 is 10.2 Å². The fraction of sp³-hybridized carbons (Fsp3) is 0.400. The number of benzene rings is 1. The Kier molecular flexibility index (Phi) is 5.45. The summed E-state index contributed by atoms with van der Waals surface area (Å²) in [6, 6.07) is 4.55. The Balaban J connectivity index is 3.01. The molecule has 0 saturated heterocycles. The lowest BCUT2D eigenvalue weighted by Gasteiger charge is -2.17. The summed E-state index contributed by atoms with van der Waals surface area (Å²) in [7, 11) is 0. The zero-order valence-corrected chi connectivity index (χ0v) is 12.8. The number of nitro groups is 1. The van der Waals surface area contributed by atoms with E-state index in [-0.39, 0.29) is 5.69 Å². The quantitative estimate of drug-likeness (QED) is 0.446. The van der Waals surface area contributed by atoms with Crippen molar-refractivity contribution in [3.05, 3.63) is 33.3 Å². The molecular weight excluding hydrogens is 297 g/mol. The molecule has 0 amide bonds. The average Bonchev–Trinajstić information content (AvgIpc) is 2.31. The maximum absolute atomic E-state index is 10.6. The molecule has 0 aromatic heterocycles. The Hall–Kier alpha value is -0.0900. The number of hydrogen-bond acceptors (Lipinski definition) is 4. The van der Waals surface area contributed by atoms with Crippen LogP contribution in [0, 0.1) is 10.1 Å². The lowest BCUT2D eigenvalue weighted by atomic mass is 10.3. The van der Waals surface area contributed by atoms with E-state index in [0.29, 0.717) is 5.02 Å². The minimum atomic E-state index is -1.47. The van der Waals surface area contributed by atoms with Crippen molar-refractivity contribution >= 4 is 45.7 Å². The first-order valence-corrected chi connectivity index (χ1v) is 10.1. The number of rotatable bonds is 5. The number of nitro benzene ring substituents is 1. The minimum Gasteiger partial charge on any atom is -0.258 e. The van der Waals surface area contributed by atoms with Crippen molar-refractivity contribution in [3.8, 4) is 0 Å². The molecule has 1 aromatic rings. The van der Waals surface area contributed by atoms with E-state index in [1.54, 1.807) is 17.4 Å². The van der Waals surface area contributed by atoms with Gasteiger partial charge in [0.2, 0.25) is 0 Å². The van der Waals surface area contributed by atoms with Crippen LogP contribution < -0.4 is 0 Å². The molecule has 0 fully saturated rings. The molecule has 94 valence electrons. The van der Waals surface area contributed by atoms with Gasteiger partial charge in [0.05, 0.1) is 9.95 Å². The molecule has 0 bridgehead atoms. The Morgan fingerprint density at radius 2 is 2.06 bits per heavy atom. The van der Waals surface area contributed by atoms with Gasteiger partial charge >= 0.3 is 0 Å². The summed E-state index contributed by atoms with van der Waals surface area (Å²) in [6.07, 6.45) is 1.91. The van der Waals surface area contributed by atoms with E-state index in [4.69, 9.17) is 23.4 Å². The van der Waals surface area contributed by atoms with Gasteiger partial charge in [0.15, 0.2) is 0 Å². The summed E-state index contributed by atoms with van der Waals surface area (Å²) in [5.41, 5.74) is 0.0145. The second kappa shape index (κ2) is 6.19. The second-order valence-corrected chi connectivity index (χ2v) is 12.8. The van der Waals surface area contributed by atoms with Gasteiger partial charge in [-0.25, -0.2) is 0 Å². The van der Waals surface area contributed by atoms with Gasteiger partial charge in [-0.2, -0.15) is 0 Å². The Morgan fingerprint density at radius 3 is 2.47 bits per heavy atom. The van der Waals surface area contributed by atoms with Crippen molar-refractivity contribution < 1.29 is 4.92 Å². The molecule has 1 rings (SSSR count). The van der Waals surface area contributed by atoms with Crippen LogP contribution in [-0.2, 0) is 11.8 Å².